The van der Waals surface area contributed by atoms with Gasteiger partial charge in [-0.2, -0.15) is 5.26 Å². The molecule has 3 aliphatic rings. The molecule has 1 aromatic heterocycles. The molecule has 6 rings (SSSR count). The van der Waals surface area contributed by atoms with Crippen molar-refractivity contribution < 1.29 is 9.47 Å². The van der Waals surface area contributed by atoms with Crippen molar-refractivity contribution >= 4 is 44.8 Å². The fourth-order valence-corrected chi connectivity index (χ4v) is 5.97. The van der Waals surface area contributed by atoms with Crippen molar-refractivity contribution in [1.29, 1.82) is 5.26 Å². The number of aliphatic imine (C=N–C) groups is 1. The van der Waals surface area contributed by atoms with Crippen LogP contribution >= 0.6 is 27.5 Å². The summed E-state index contributed by atoms with van der Waals surface area (Å²) in [6.45, 7) is 2.22. The van der Waals surface area contributed by atoms with Crippen LogP contribution in [0.4, 0.5) is 5.69 Å². The van der Waals surface area contributed by atoms with Crippen LogP contribution in [0.15, 0.2) is 63.7 Å². The van der Waals surface area contributed by atoms with Crippen molar-refractivity contribution in [3.8, 4) is 11.9 Å². The molecule has 38 heavy (non-hydrogen) atoms. The van der Waals surface area contributed by atoms with Crippen LogP contribution in [-0.2, 0) is 24.2 Å². The first kappa shape index (κ1) is 24.9. The zero-order valence-electron chi connectivity index (χ0n) is 20.6. The van der Waals surface area contributed by atoms with E-state index in [0.29, 0.717) is 12.6 Å². The van der Waals surface area contributed by atoms with Crippen molar-refractivity contribution in [3.05, 3.63) is 91.7 Å². The molecule has 0 radical (unpaired) electrons. The van der Waals surface area contributed by atoms with Gasteiger partial charge in [-0.05, 0) is 94.7 Å². The van der Waals surface area contributed by atoms with E-state index in [4.69, 9.17) is 31.1 Å². The summed E-state index contributed by atoms with van der Waals surface area (Å²) >= 11 is 9.98. The summed E-state index contributed by atoms with van der Waals surface area (Å²) in [4.78, 5) is 11.8. The molecule has 3 aromatic rings. The number of nitrogens with one attached hydrogen (secondary N) is 1. The number of nitriles is 1. The Bertz CT molecular complexity index is 1450. The summed E-state index contributed by atoms with van der Waals surface area (Å²) in [7, 11) is 0. The van der Waals surface area contributed by atoms with Crippen molar-refractivity contribution in [1.82, 2.24) is 15.2 Å². The molecule has 192 valence electrons. The van der Waals surface area contributed by atoms with Gasteiger partial charge in [-0.25, -0.2) is 4.99 Å². The fourth-order valence-electron chi connectivity index (χ4n) is 5.40. The smallest absolute Gasteiger partial charge is 0.212 e. The normalized spacial score (nSPS) is 17.0. The molecule has 1 N–H and O–H groups in total. The molecular weight excluding hydrogens is 566 g/mol. The molecule has 2 aliphatic heterocycles. The van der Waals surface area contributed by atoms with Crippen molar-refractivity contribution in [2.24, 2.45) is 4.99 Å². The van der Waals surface area contributed by atoms with Crippen LogP contribution < -0.4 is 10.1 Å². The van der Waals surface area contributed by atoms with Crippen molar-refractivity contribution in [2.45, 2.75) is 32.3 Å². The van der Waals surface area contributed by atoms with E-state index in [1.54, 1.807) is 0 Å². The van der Waals surface area contributed by atoms with E-state index in [9.17, 15) is 5.26 Å². The molecule has 0 saturated carbocycles. The monoisotopic (exact) mass is 589 g/mol. The second-order valence-electron chi connectivity index (χ2n) is 9.50. The average Bonchev–Trinajstić information content (AvgIpc) is 3.09. The molecule has 0 amide bonds. The summed E-state index contributed by atoms with van der Waals surface area (Å²) in [6.07, 6.45) is 7.45. The molecule has 0 atom stereocenters. The maximum absolute atomic E-state index is 9.45. The quantitative estimate of drug-likeness (QED) is 0.159. The summed E-state index contributed by atoms with van der Waals surface area (Å²) < 4.78 is 11.9. The Morgan fingerprint density at radius 2 is 1.89 bits per heavy atom. The van der Waals surface area contributed by atoms with Gasteiger partial charge in [-0.15, -0.1) is 0 Å². The topological polar surface area (TPSA) is 82.8 Å². The first-order valence-corrected chi connectivity index (χ1v) is 13.7. The third kappa shape index (κ3) is 5.02. The largest absolute Gasteiger partial charge is 0.467 e. The number of ether oxygens (including phenoxy) is 2. The van der Waals surface area contributed by atoms with Crippen LogP contribution in [0.3, 0.4) is 0 Å². The Kier molecular flexibility index (Phi) is 7.07. The molecule has 0 unspecified atom stereocenters. The summed E-state index contributed by atoms with van der Waals surface area (Å²) in [5.41, 5.74) is 9.05. The first-order chi connectivity index (χ1) is 18.6. The number of pyridine rings is 1. The van der Waals surface area contributed by atoms with E-state index in [2.05, 4.69) is 50.5 Å². The lowest BCUT2D eigenvalue weighted by Gasteiger charge is -2.32. The maximum Gasteiger partial charge on any atom is 0.212 e. The van der Waals surface area contributed by atoms with Crippen molar-refractivity contribution in [3.63, 3.8) is 0 Å². The van der Waals surface area contributed by atoms with E-state index < -0.39 is 0 Å². The second kappa shape index (κ2) is 10.8. The van der Waals surface area contributed by atoms with Crippen LogP contribution in [0, 0.1) is 11.5 Å². The molecule has 1 aliphatic carbocycles. The van der Waals surface area contributed by atoms with Gasteiger partial charge in [-0.3, -0.25) is 10.3 Å². The highest BCUT2D eigenvalue weighted by atomic mass is 79.9. The van der Waals surface area contributed by atoms with Gasteiger partial charge in [0.25, 0.3) is 0 Å². The van der Waals surface area contributed by atoms with Crippen LogP contribution in [0.1, 0.15) is 40.8 Å². The maximum atomic E-state index is 9.45. The number of hydrogen-bond donors (Lipinski definition) is 1. The summed E-state index contributed by atoms with van der Waals surface area (Å²) in [6, 6.07) is 14.1. The number of fused-ring (bicyclic) bond motifs is 3. The highest BCUT2D eigenvalue weighted by molar-refractivity contribution is 9.10. The van der Waals surface area contributed by atoms with Crippen LogP contribution in [0.25, 0.3) is 5.57 Å². The SMILES string of the molecule is N#CNC(=Nc1ccc2c(c1)COCO2)N1CCC(=C2c3ccc(Cl)cc3CCc3cc(Br)cnc32)CC1. The van der Waals surface area contributed by atoms with Crippen LogP contribution in [0.5, 0.6) is 5.75 Å². The molecule has 3 heterocycles. The standard InChI is InChI=1S/C29H25BrClN5O2/c30-22-11-20-2-1-19-12-23(31)3-5-25(19)27(28(20)33-14-22)18-7-9-36(10-8-18)29(34-16-32)35-24-4-6-26-21(13-24)15-37-17-38-26/h3-6,11-14H,1-2,7-10,15,17H2,(H,34,35). The van der Waals surface area contributed by atoms with Gasteiger partial charge in [0.05, 0.1) is 18.0 Å². The van der Waals surface area contributed by atoms with Gasteiger partial charge in [0.2, 0.25) is 5.96 Å². The highest BCUT2D eigenvalue weighted by Crippen LogP contribution is 2.39. The number of nitrogens with zero attached hydrogens (tertiary/aromatic N) is 4. The van der Waals surface area contributed by atoms with Gasteiger partial charge in [-0.1, -0.05) is 23.2 Å². The third-order valence-corrected chi connectivity index (χ3v) is 7.86. The van der Waals surface area contributed by atoms with E-state index in [1.807, 2.05) is 30.5 Å². The average molecular weight is 591 g/mol. The molecule has 0 spiro atoms. The van der Waals surface area contributed by atoms with Gasteiger partial charge < -0.3 is 14.4 Å². The molecule has 1 saturated heterocycles. The minimum absolute atomic E-state index is 0.261. The summed E-state index contributed by atoms with van der Waals surface area (Å²) in [5.74, 6) is 1.36. The third-order valence-electron chi connectivity index (χ3n) is 7.19. The minimum Gasteiger partial charge on any atom is -0.467 e. The second-order valence-corrected chi connectivity index (χ2v) is 10.9. The molecule has 7 nitrogen and oxygen atoms in total. The Labute approximate surface area is 234 Å². The molecule has 1 fully saturated rings. The fraction of sp³-hybridized carbons (Fsp3) is 0.276. The van der Waals surface area contributed by atoms with Gasteiger partial charge in [0.15, 0.2) is 13.0 Å². The lowest BCUT2D eigenvalue weighted by atomic mass is 9.88. The lowest BCUT2D eigenvalue weighted by Crippen LogP contribution is -2.42. The number of benzene rings is 2. The zero-order valence-corrected chi connectivity index (χ0v) is 23.0. The Morgan fingerprint density at radius 3 is 2.74 bits per heavy atom. The van der Waals surface area contributed by atoms with Gasteiger partial charge in [0, 0.05) is 39.9 Å². The van der Waals surface area contributed by atoms with E-state index in [0.717, 1.165) is 71.0 Å². The van der Waals surface area contributed by atoms with Crippen LogP contribution in [0.2, 0.25) is 5.02 Å². The number of aryl methyl sites for hydroxylation is 2. The predicted molar refractivity (Wildman–Crippen MR) is 150 cm³/mol. The number of rotatable bonds is 1. The number of halogens is 2. The number of aromatic nitrogens is 1. The van der Waals surface area contributed by atoms with Gasteiger partial charge in [0.1, 0.15) is 5.75 Å². The first-order valence-electron chi connectivity index (χ1n) is 12.6. The molecular formula is C29H25BrClN5O2. The van der Waals surface area contributed by atoms with E-state index in [-0.39, 0.29) is 6.79 Å². The number of guanidine groups is 1. The highest BCUT2D eigenvalue weighted by Gasteiger charge is 2.26. The number of hydrogen-bond acceptors (Lipinski definition) is 5. The summed E-state index contributed by atoms with van der Waals surface area (Å²) in [5, 5.41) is 13.0. The zero-order chi connectivity index (χ0) is 26.1. The van der Waals surface area contributed by atoms with Crippen LogP contribution in [-0.4, -0.2) is 35.7 Å². The number of likely N-dealkylation sites (tertiary alicyclic amines) is 1. The number of piperidine rings is 1. The Morgan fingerprint density at radius 1 is 1.05 bits per heavy atom. The van der Waals surface area contributed by atoms with Gasteiger partial charge >= 0.3 is 0 Å². The Balaban J connectivity index is 1.32. The molecule has 0 bridgehead atoms. The Hall–Kier alpha value is -3.38. The molecule has 2 aromatic carbocycles. The molecule has 9 heteroatoms. The lowest BCUT2D eigenvalue weighted by molar-refractivity contribution is -0.0163. The van der Waals surface area contributed by atoms with E-state index >= 15 is 0 Å². The minimum atomic E-state index is 0.261. The van der Waals surface area contributed by atoms with E-state index in [1.165, 1.54) is 27.8 Å². The predicted octanol–water partition coefficient (Wildman–Crippen LogP) is 6.12. The van der Waals surface area contributed by atoms with Crippen molar-refractivity contribution in [2.75, 3.05) is 19.9 Å².